The second-order valence-electron chi connectivity index (χ2n) is 5.75. The van der Waals surface area contributed by atoms with Crippen molar-refractivity contribution < 1.29 is 13.9 Å². The molecule has 6 heteroatoms. The third-order valence-corrected chi connectivity index (χ3v) is 4.56. The first kappa shape index (κ1) is 17.9. The molecule has 1 unspecified atom stereocenters. The second kappa shape index (κ2) is 8.49. The predicted molar refractivity (Wildman–Crippen MR) is 102 cm³/mol. The van der Waals surface area contributed by atoms with E-state index in [1.807, 2.05) is 29.6 Å². The molecule has 0 saturated carbocycles. The highest BCUT2D eigenvalue weighted by molar-refractivity contribution is 7.09. The van der Waals surface area contributed by atoms with Crippen LogP contribution in [-0.4, -0.2) is 11.9 Å². The number of carbonyl (C=O) groups is 1. The van der Waals surface area contributed by atoms with Crippen LogP contribution < -0.4 is 15.4 Å². The Bertz CT molecular complexity index is 851. The molecule has 2 N–H and O–H groups in total. The van der Waals surface area contributed by atoms with Crippen LogP contribution in [0.25, 0.3) is 0 Å². The monoisotopic (exact) mass is 370 g/mol. The van der Waals surface area contributed by atoms with Crippen LogP contribution in [0.1, 0.15) is 11.8 Å². The molecule has 134 valence electrons. The van der Waals surface area contributed by atoms with E-state index in [9.17, 15) is 9.18 Å². The summed E-state index contributed by atoms with van der Waals surface area (Å²) in [4.78, 5) is 13.3. The lowest BCUT2D eigenvalue weighted by Gasteiger charge is -2.15. The fraction of sp³-hybridized carbons (Fsp3) is 0.150. The Kier molecular flexibility index (Phi) is 5.86. The van der Waals surface area contributed by atoms with E-state index in [-0.39, 0.29) is 17.8 Å². The molecule has 0 aliphatic rings. The quantitative estimate of drug-likeness (QED) is 0.628. The number of thiophene rings is 1. The van der Waals surface area contributed by atoms with Gasteiger partial charge in [0, 0.05) is 16.6 Å². The first-order valence-corrected chi connectivity index (χ1v) is 9.08. The number of anilines is 1. The zero-order valence-corrected chi connectivity index (χ0v) is 15.1. The molecular weight excluding hydrogens is 351 g/mol. The number of carbonyl (C=O) groups excluding carboxylic acids is 1. The molecule has 1 heterocycles. The van der Waals surface area contributed by atoms with Crippen molar-refractivity contribution >= 4 is 22.9 Å². The fourth-order valence-electron chi connectivity index (χ4n) is 2.34. The molecule has 3 rings (SSSR count). The van der Waals surface area contributed by atoms with Gasteiger partial charge in [0.2, 0.25) is 5.91 Å². The van der Waals surface area contributed by atoms with Gasteiger partial charge in [0.25, 0.3) is 0 Å². The first-order valence-electron chi connectivity index (χ1n) is 8.20. The summed E-state index contributed by atoms with van der Waals surface area (Å²) in [6.07, 6.45) is 0. The van der Waals surface area contributed by atoms with Crippen molar-refractivity contribution in [2.45, 2.75) is 19.5 Å². The molecule has 0 aliphatic carbocycles. The average Bonchev–Trinajstić information content (AvgIpc) is 3.15. The molecular formula is C20H19FN2O2S. The minimum absolute atomic E-state index is 0.0708. The molecule has 4 nitrogen and oxygen atoms in total. The minimum Gasteiger partial charge on any atom is -0.457 e. The summed E-state index contributed by atoms with van der Waals surface area (Å²) in [5.41, 5.74) is 0.801. The smallest absolute Gasteiger partial charge is 0.242 e. The van der Waals surface area contributed by atoms with E-state index >= 15 is 0 Å². The number of amides is 1. The van der Waals surface area contributed by atoms with Gasteiger partial charge in [-0.3, -0.25) is 4.79 Å². The summed E-state index contributed by atoms with van der Waals surface area (Å²) in [5, 5.41) is 8.03. The van der Waals surface area contributed by atoms with Crippen molar-refractivity contribution in [2.75, 3.05) is 5.32 Å². The van der Waals surface area contributed by atoms with Gasteiger partial charge >= 0.3 is 0 Å². The molecule has 1 aromatic heterocycles. The zero-order chi connectivity index (χ0) is 18.4. The summed E-state index contributed by atoms with van der Waals surface area (Å²) in [6, 6.07) is 16.7. The van der Waals surface area contributed by atoms with Crippen molar-refractivity contribution in [3.63, 3.8) is 0 Å². The standard InChI is InChI=1S/C20H19FN2O2S/c1-14(20(24)22-13-19-6-3-11-26-19)23-16-7-9-17(10-8-16)25-18-5-2-4-15(21)12-18/h2-12,14,23H,13H2,1H3,(H,22,24). The zero-order valence-electron chi connectivity index (χ0n) is 14.2. The maximum Gasteiger partial charge on any atom is 0.242 e. The van der Waals surface area contributed by atoms with E-state index in [1.165, 1.54) is 12.1 Å². The maximum absolute atomic E-state index is 13.2. The molecule has 0 aliphatic heterocycles. The van der Waals surface area contributed by atoms with Gasteiger partial charge in [-0.25, -0.2) is 4.39 Å². The summed E-state index contributed by atoms with van der Waals surface area (Å²) in [7, 11) is 0. The van der Waals surface area contributed by atoms with Crippen LogP contribution in [0.3, 0.4) is 0 Å². The lowest BCUT2D eigenvalue weighted by molar-refractivity contribution is -0.121. The van der Waals surface area contributed by atoms with E-state index in [0.29, 0.717) is 18.0 Å². The average molecular weight is 370 g/mol. The Morgan fingerprint density at radius 3 is 2.62 bits per heavy atom. The van der Waals surface area contributed by atoms with Crippen LogP contribution in [-0.2, 0) is 11.3 Å². The summed E-state index contributed by atoms with van der Waals surface area (Å²) >= 11 is 1.61. The number of hydrogen-bond acceptors (Lipinski definition) is 4. The van der Waals surface area contributed by atoms with Gasteiger partial charge in [0.15, 0.2) is 0 Å². The van der Waals surface area contributed by atoms with Crippen LogP contribution in [0.15, 0.2) is 66.0 Å². The van der Waals surface area contributed by atoms with Crippen LogP contribution in [0, 0.1) is 5.82 Å². The molecule has 0 fully saturated rings. The Hall–Kier alpha value is -2.86. The maximum atomic E-state index is 13.2. The molecule has 1 atom stereocenters. The third-order valence-electron chi connectivity index (χ3n) is 3.68. The van der Waals surface area contributed by atoms with Gasteiger partial charge in [-0.05, 0) is 54.8 Å². The number of benzene rings is 2. The molecule has 26 heavy (non-hydrogen) atoms. The van der Waals surface area contributed by atoms with E-state index in [4.69, 9.17) is 4.74 Å². The largest absolute Gasteiger partial charge is 0.457 e. The number of hydrogen-bond donors (Lipinski definition) is 2. The van der Waals surface area contributed by atoms with Crippen molar-refractivity contribution in [3.8, 4) is 11.5 Å². The van der Waals surface area contributed by atoms with Gasteiger partial charge in [-0.1, -0.05) is 12.1 Å². The number of halogens is 1. The van der Waals surface area contributed by atoms with Crippen LogP contribution >= 0.6 is 11.3 Å². The number of rotatable bonds is 7. The first-order chi connectivity index (χ1) is 12.6. The molecule has 0 radical (unpaired) electrons. The van der Waals surface area contributed by atoms with Gasteiger partial charge in [0.05, 0.1) is 6.54 Å². The highest BCUT2D eigenvalue weighted by Crippen LogP contribution is 2.23. The Labute approximate surface area is 155 Å². The number of nitrogens with one attached hydrogen (secondary N) is 2. The third kappa shape index (κ3) is 5.07. The van der Waals surface area contributed by atoms with E-state index < -0.39 is 0 Å². The lowest BCUT2D eigenvalue weighted by Crippen LogP contribution is -2.36. The number of ether oxygens (including phenoxy) is 1. The molecule has 3 aromatic rings. The van der Waals surface area contributed by atoms with Crippen molar-refractivity contribution in [3.05, 3.63) is 76.7 Å². The van der Waals surface area contributed by atoms with Crippen molar-refractivity contribution in [2.24, 2.45) is 0 Å². The Balaban J connectivity index is 1.52. The summed E-state index contributed by atoms with van der Waals surface area (Å²) in [6.45, 7) is 2.34. The second-order valence-corrected chi connectivity index (χ2v) is 6.78. The summed E-state index contributed by atoms with van der Waals surface area (Å²) < 4.78 is 18.8. The van der Waals surface area contributed by atoms with Crippen molar-refractivity contribution in [1.82, 2.24) is 5.32 Å². The molecule has 0 spiro atoms. The normalized spacial score (nSPS) is 11.6. The van der Waals surface area contributed by atoms with Gasteiger partial charge < -0.3 is 15.4 Å². The van der Waals surface area contributed by atoms with Gasteiger partial charge in [-0.15, -0.1) is 11.3 Å². The predicted octanol–water partition coefficient (Wildman–Crippen LogP) is 4.80. The van der Waals surface area contributed by atoms with E-state index in [1.54, 1.807) is 42.5 Å². The molecule has 1 amide bonds. The van der Waals surface area contributed by atoms with Gasteiger partial charge in [0.1, 0.15) is 23.4 Å². The van der Waals surface area contributed by atoms with Crippen LogP contribution in [0.4, 0.5) is 10.1 Å². The molecule has 0 bridgehead atoms. The fourth-order valence-corrected chi connectivity index (χ4v) is 2.99. The lowest BCUT2D eigenvalue weighted by atomic mass is 10.2. The SMILES string of the molecule is CC(Nc1ccc(Oc2cccc(F)c2)cc1)C(=O)NCc1cccs1. The minimum atomic E-state index is -0.370. The highest BCUT2D eigenvalue weighted by atomic mass is 32.1. The van der Waals surface area contributed by atoms with Crippen molar-refractivity contribution in [1.29, 1.82) is 0 Å². The summed E-state index contributed by atoms with van der Waals surface area (Å²) in [5.74, 6) is 0.615. The van der Waals surface area contributed by atoms with Crippen LogP contribution in [0.2, 0.25) is 0 Å². The highest BCUT2D eigenvalue weighted by Gasteiger charge is 2.12. The Morgan fingerprint density at radius 2 is 1.92 bits per heavy atom. The Morgan fingerprint density at radius 1 is 1.12 bits per heavy atom. The molecule has 0 saturated heterocycles. The van der Waals surface area contributed by atoms with E-state index in [0.717, 1.165) is 10.6 Å². The van der Waals surface area contributed by atoms with Crippen LogP contribution in [0.5, 0.6) is 11.5 Å². The van der Waals surface area contributed by atoms with E-state index in [2.05, 4.69) is 10.6 Å². The molecule has 2 aromatic carbocycles. The van der Waals surface area contributed by atoms with Gasteiger partial charge in [-0.2, -0.15) is 0 Å². The topological polar surface area (TPSA) is 50.4 Å².